The van der Waals surface area contributed by atoms with Crippen LogP contribution in [0.4, 0.5) is 19.4 Å². The Hall–Kier alpha value is -3.29. The molecular formula is C25H28F2N4O2. The van der Waals surface area contributed by atoms with Gasteiger partial charge in [0.25, 0.3) is 6.43 Å². The van der Waals surface area contributed by atoms with Crippen LogP contribution in [0.2, 0.25) is 0 Å². The highest BCUT2D eigenvalue weighted by Gasteiger charge is 2.32. The number of hydrogen-bond donors (Lipinski definition) is 1. The summed E-state index contributed by atoms with van der Waals surface area (Å²) in [5, 5.41) is 10.6. The summed E-state index contributed by atoms with van der Waals surface area (Å²) in [4.78, 5) is 24.8. The highest BCUT2D eigenvalue weighted by molar-refractivity contribution is 5.92. The fraction of sp³-hybridized carbons (Fsp3) is 0.400. The second-order valence-electron chi connectivity index (χ2n) is 9.00. The van der Waals surface area contributed by atoms with Gasteiger partial charge in [0, 0.05) is 36.1 Å². The molecule has 1 fully saturated rings. The number of benzene rings is 2. The van der Waals surface area contributed by atoms with Crippen molar-refractivity contribution in [3.63, 3.8) is 0 Å². The molecule has 1 aliphatic rings. The van der Waals surface area contributed by atoms with Gasteiger partial charge in [-0.3, -0.25) is 0 Å². The Kier molecular flexibility index (Phi) is 6.44. The number of amides is 1. The van der Waals surface area contributed by atoms with Crippen LogP contribution in [0.5, 0.6) is 0 Å². The maximum Gasteiger partial charge on any atom is 0.407 e. The van der Waals surface area contributed by atoms with Gasteiger partial charge in [0.1, 0.15) is 5.82 Å². The van der Waals surface area contributed by atoms with E-state index in [1.807, 2.05) is 39.0 Å². The standard InChI is InChI=1S/C25H28F2N4O2/c1-15(2)13-31(25(32)33)17-10-11-30(14-17)24-20-9-8-16(3)12-21(20)28-23(29-24)19-7-5-4-6-18(19)22(26)27/h4-9,12,15,17,22H,10-11,13-14H2,1-3H3,(H,32,33)/t17-/m1/s1. The molecular weight excluding hydrogens is 426 g/mol. The highest BCUT2D eigenvalue weighted by Crippen LogP contribution is 2.34. The van der Waals surface area contributed by atoms with E-state index in [1.54, 1.807) is 18.2 Å². The molecule has 33 heavy (non-hydrogen) atoms. The number of anilines is 1. The number of nitrogens with zero attached hydrogens (tertiary/aromatic N) is 4. The first kappa shape index (κ1) is 22.9. The van der Waals surface area contributed by atoms with Gasteiger partial charge in [-0.2, -0.15) is 0 Å². The lowest BCUT2D eigenvalue weighted by atomic mass is 10.1. The van der Waals surface area contributed by atoms with Crippen LogP contribution in [0.3, 0.4) is 0 Å². The van der Waals surface area contributed by atoms with Gasteiger partial charge in [-0.05, 0) is 37.0 Å². The normalized spacial score (nSPS) is 16.2. The Morgan fingerprint density at radius 3 is 2.67 bits per heavy atom. The molecule has 8 heteroatoms. The highest BCUT2D eigenvalue weighted by atomic mass is 19.3. The number of carboxylic acid groups (broad SMARTS) is 1. The molecule has 4 rings (SSSR count). The van der Waals surface area contributed by atoms with E-state index in [0.29, 0.717) is 43.0 Å². The van der Waals surface area contributed by atoms with E-state index in [1.165, 1.54) is 11.0 Å². The number of hydrogen-bond acceptors (Lipinski definition) is 4. The second kappa shape index (κ2) is 9.29. The first-order chi connectivity index (χ1) is 15.7. The quantitative estimate of drug-likeness (QED) is 0.513. The van der Waals surface area contributed by atoms with Crippen LogP contribution >= 0.6 is 0 Å². The number of rotatable bonds is 6. The van der Waals surface area contributed by atoms with Crippen molar-refractivity contribution in [2.24, 2.45) is 5.92 Å². The topological polar surface area (TPSA) is 69.6 Å². The van der Waals surface area contributed by atoms with Crippen molar-refractivity contribution in [2.75, 3.05) is 24.5 Å². The molecule has 1 amide bonds. The van der Waals surface area contributed by atoms with Crippen LogP contribution in [0.25, 0.3) is 22.3 Å². The predicted octanol–water partition coefficient (Wildman–Crippen LogP) is 5.76. The predicted molar refractivity (Wildman–Crippen MR) is 125 cm³/mol. The van der Waals surface area contributed by atoms with Gasteiger partial charge in [-0.15, -0.1) is 0 Å². The van der Waals surface area contributed by atoms with Gasteiger partial charge in [0.15, 0.2) is 5.82 Å². The van der Waals surface area contributed by atoms with Crippen molar-refractivity contribution >= 4 is 22.8 Å². The zero-order valence-corrected chi connectivity index (χ0v) is 19.0. The molecule has 1 saturated heterocycles. The van der Waals surface area contributed by atoms with Gasteiger partial charge in [-0.25, -0.2) is 23.5 Å². The summed E-state index contributed by atoms with van der Waals surface area (Å²) < 4.78 is 27.4. The van der Waals surface area contributed by atoms with Crippen molar-refractivity contribution in [2.45, 2.75) is 39.7 Å². The van der Waals surface area contributed by atoms with Crippen LogP contribution in [0, 0.1) is 12.8 Å². The van der Waals surface area contributed by atoms with E-state index in [4.69, 9.17) is 4.98 Å². The molecule has 3 aromatic rings. The third-order valence-corrected chi connectivity index (χ3v) is 5.98. The monoisotopic (exact) mass is 454 g/mol. The van der Waals surface area contributed by atoms with Gasteiger partial charge in [0.2, 0.25) is 0 Å². The molecule has 0 bridgehead atoms. The van der Waals surface area contributed by atoms with Crippen LogP contribution in [-0.2, 0) is 0 Å². The van der Waals surface area contributed by atoms with E-state index >= 15 is 0 Å². The molecule has 2 aromatic carbocycles. The van der Waals surface area contributed by atoms with E-state index in [9.17, 15) is 18.7 Å². The molecule has 0 radical (unpaired) electrons. The molecule has 2 heterocycles. The lowest BCUT2D eigenvalue weighted by Gasteiger charge is -2.28. The first-order valence-corrected chi connectivity index (χ1v) is 11.1. The van der Waals surface area contributed by atoms with Gasteiger partial charge < -0.3 is 14.9 Å². The molecule has 174 valence electrons. The summed E-state index contributed by atoms with van der Waals surface area (Å²) in [6.45, 7) is 7.53. The van der Waals surface area contributed by atoms with Crippen molar-refractivity contribution in [1.82, 2.24) is 14.9 Å². The van der Waals surface area contributed by atoms with Crippen LogP contribution < -0.4 is 4.90 Å². The van der Waals surface area contributed by atoms with Gasteiger partial charge >= 0.3 is 6.09 Å². The Morgan fingerprint density at radius 1 is 1.21 bits per heavy atom. The number of aromatic nitrogens is 2. The van der Waals surface area contributed by atoms with Crippen LogP contribution in [0.1, 0.15) is 37.8 Å². The zero-order chi connectivity index (χ0) is 23.7. The smallest absolute Gasteiger partial charge is 0.407 e. The Bertz CT molecular complexity index is 1170. The maximum atomic E-state index is 13.7. The summed E-state index contributed by atoms with van der Waals surface area (Å²) in [7, 11) is 0. The summed E-state index contributed by atoms with van der Waals surface area (Å²) >= 11 is 0. The number of fused-ring (bicyclic) bond motifs is 1. The average Bonchev–Trinajstić information content (AvgIpc) is 3.25. The fourth-order valence-corrected chi connectivity index (χ4v) is 4.44. The van der Waals surface area contributed by atoms with Crippen molar-refractivity contribution in [3.8, 4) is 11.4 Å². The van der Waals surface area contributed by atoms with E-state index in [-0.39, 0.29) is 23.3 Å². The first-order valence-electron chi connectivity index (χ1n) is 11.1. The summed E-state index contributed by atoms with van der Waals surface area (Å²) in [5.74, 6) is 1.12. The van der Waals surface area contributed by atoms with Crippen LogP contribution in [-0.4, -0.2) is 51.7 Å². The minimum absolute atomic E-state index is 0.108. The van der Waals surface area contributed by atoms with Gasteiger partial charge in [0.05, 0.1) is 11.6 Å². The Labute approximate surface area is 191 Å². The summed E-state index contributed by atoms with van der Waals surface area (Å²) in [6, 6.07) is 12.0. The lowest BCUT2D eigenvalue weighted by molar-refractivity contribution is 0.121. The van der Waals surface area contributed by atoms with E-state index in [0.717, 1.165) is 10.9 Å². The lowest BCUT2D eigenvalue weighted by Crippen LogP contribution is -2.43. The third kappa shape index (κ3) is 4.74. The molecule has 1 aromatic heterocycles. The SMILES string of the molecule is Cc1ccc2c(N3CC[C@@H](N(CC(C)C)C(=O)O)C3)nc(-c3ccccc3C(F)F)nc2c1. The van der Waals surface area contributed by atoms with Gasteiger partial charge in [-0.1, -0.05) is 44.2 Å². The molecule has 0 aliphatic carbocycles. The zero-order valence-electron chi connectivity index (χ0n) is 19.0. The number of alkyl halides is 2. The molecule has 1 aliphatic heterocycles. The Balaban J connectivity index is 1.78. The fourth-order valence-electron chi connectivity index (χ4n) is 4.44. The Morgan fingerprint density at radius 2 is 1.97 bits per heavy atom. The van der Waals surface area contributed by atoms with E-state index < -0.39 is 12.5 Å². The number of aryl methyl sites for hydroxylation is 1. The molecule has 0 saturated carbocycles. The summed E-state index contributed by atoms with van der Waals surface area (Å²) in [6.07, 6.45) is -2.89. The molecule has 1 N–H and O–H groups in total. The average molecular weight is 455 g/mol. The maximum absolute atomic E-state index is 13.7. The molecule has 1 atom stereocenters. The minimum Gasteiger partial charge on any atom is -0.465 e. The van der Waals surface area contributed by atoms with Crippen molar-refractivity contribution in [1.29, 1.82) is 0 Å². The van der Waals surface area contributed by atoms with Crippen molar-refractivity contribution in [3.05, 3.63) is 53.6 Å². The van der Waals surface area contributed by atoms with Crippen molar-refractivity contribution < 1.29 is 18.7 Å². The van der Waals surface area contributed by atoms with E-state index in [2.05, 4.69) is 9.88 Å². The minimum atomic E-state index is -2.64. The summed E-state index contributed by atoms with van der Waals surface area (Å²) in [5.41, 5.74) is 1.89. The molecule has 6 nitrogen and oxygen atoms in total. The second-order valence-corrected chi connectivity index (χ2v) is 9.00. The number of carbonyl (C=O) groups is 1. The van der Waals surface area contributed by atoms with Crippen LogP contribution in [0.15, 0.2) is 42.5 Å². The number of halogens is 2. The molecule has 0 spiro atoms. The molecule has 0 unspecified atom stereocenters. The third-order valence-electron chi connectivity index (χ3n) is 5.98. The largest absolute Gasteiger partial charge is 0.465 e.